The lowest BCUT2D eigenvalue weighted by atomic mass is 10.1. The average molecular weight is 258 g/mol. The minimum atomic E-state index is 0.506. The van der Waals surface area contributed by atoms with Crippen LogP contribution >= 0.6 is 11.6 Å². The summed E-state index contributed by atoms with van der Waals surface area (Å²) < 4.78 is 5.76. The second-order valence-electron chi connectivity index (χ2n) is 4.10. The largest absolute Gasteiger partial charge is 0.454 e. The summed E-state index contributed by atoms with van der Waals surface area (Å²) in [5.74, 6) is 1.12. The van der Waals surface area contributed by atoms with Crippen molar-refractivity contribution in [3.8, 4) is 17.6 Å². The van der Waals surface area contributed by atoms with Crippen molar-refractivity contribution in [1.29, 1.82) is 5.26 Å². The summed E-state index contributed by atoms with van der Waals surface area (Å²) in [4.78, 5) is 0. The Balaban J connectivity index is 2.43. The van der Waals surface area contributed by atoms with Crippen molar-refractivity contribution in [3.05, 3.63) is 58.1 Å². The molecule has 0 aliphatic heterocycles. The molecular weight excluding hydrogens is 246 g/mol. The molecule has 0 spiro atoms. The number of ether oxygens (including phenoxy) is 1. The molecule has 0 atom stereocenters. The average Bonchev–Trinajstić information content (AvgIpc) is 2.34. The molecule has 0 aromatic heterocycles. The second-order valence-corrected chi connectivity index (χ2v) is 4.51. The van der Waals surface area contributed by atoms with E-state index in [9.17, 15) is 0 Å². The van der Waals surface area contributed by atoms with Crippen LogP contribution in [-0.4, -0.2) is 0 Å². The van der Waals surface area contributed by atoms with E-state index in [1.54, 1.807) is 6.07 Å². The first-order valence-corrected chi connectivity index (χ1v) is 5.93. The lowest BCUT2D eigenvalue weighted by Crippen LogP contribution is -1.92. The zero-order chi connectivity index (χ0) is 13.1. The van der Waals surface area contributed by atoms with E-state index < -0.39 is 0 Å². The van der Waals surface area contributed by atoms with Gasteiger partial charge in [0.15, 0.2) is 0 Å². The molecule has 0 unspecified atom stereocenters. The van der Waals surface area contributed by atoms with Crippen molar-refractivity contribution in [2.24, 2.45) is 0 Å². The second kappa shape index (κ2) is 5.12. The van der Waals surface area contributed by atoms with Crippen LogP contribution in [0.4, 0.5) is 0 Å². The van der Waals surface area contributed by atoms with E-state index >= 15 is 0 Å². The van der Waals surface area contributed by atoms with Crippen LogP contribution in [0, 0.1) is 25.2 Å². The van der Waals surface area contributed by atoms with Crippen molar-refractivity contribution in [3.63, 3.8) is 0 Å². The molecule has 0 saturated carbocycles. The highest BCUT2D eigenvalue weighted by Gasteiger charge is 2.10. The third-order valence-electron chi connectivity index (χ3n) is 2.63. The Morgan fingerprint density at radius 3 is 2.61 bits per heavy atom. The number of para-hydroxylation sites is 1. The molecule has 0 amide bonds. The first kappa shape index (κ1) is 12.5. The molecule has 0 fully saturated rings. The van der Waals surface area contributed by atoms with Crippen LogP contribution in [0.3, 0.4) is 0 Å². The van der Waals surface area contributed by atoms with E-state index in [0.717, 1.165) is 11.1 Å². The minimum absolute atomic E-state index is 0.506. The third-order valence-corrected chi connectivity index (χ3v) is 2.93. The normalized spacial score (nSPS) is 9.89. The summed E-state index contributed by atoms with van der Waals surface area (Å²) in [5.41, 5.74) is 2.48. The molecular formula is C15H12ClNO. The third kappa shape index (κ3) is 2.47. The zero-order valence-electron chi connectivity index (χ0n) is 10.2. The van der Waals surface area contributed by atoms with Gasteiger partial charge in [0.25, 0.3) is 0 Å². The highest BCUT2D eigenvalue weighted by Crippen LogP contribution is 2.33. The Morgan fingerprint density at radius 1 is 1.17 bits per heavy atom. The number of aryl methyl sites for hydroxylation is 2. The van der Waals surface area contributed by atoms with Gasteiger partial charge in [0, 0.05) is 0 Å². The van der Waals surface area contributed by atoms with Crippen molar-refractivity contribution in [1.82, 2.24) is 0 Å². The van der Waals surface area contributed by atoms with E-state index in [4.69, 9.17) is 21.6 Å². The predicted octanol–water partition coefficient (Wildman–Crippen LogP) is 4.62. The van der Waals surface area contributed by atoms with Gasteiger partial charge in [-0.15, -0.1) is 0 Å². The fourth-order valence-corrected chi connectivity index (χ4v) is 1.95. The van der Waals surface area contributed by atoms with E-state index in [2.05, 4.69) is 6.07 Å². The Bertz CT molecular complexity index is 629. The minimum Gasteiger partial charge on any atom is -0.454 e. The molecule has 2 nitrogen and oxygen atoms in total. The van der Waals surface area contributed by atoms with Gasteiger partial charge >= 0.3 is 0 Å². The van der Waals surface area contributed by atoms with E-state index in [1.165, 1.54) is 0 Å². The summed E-state index contributed by atoms with van der Waals surface area (Å²) in [6, 6.07) is 13.1. The molecule has 0 saturated heterocycles. The first-order valence-electron chi connectivity index (χ1n) is 5.55. The maximum Gasteiger partial charge on any atom is 0.148 e. The van der Waals surface area contributed by atoms with Crippen LogP contribution in [-0.2, 0) is 0 Å². The van der Waals surface area contributed by atoms with E-state index in [-0.39, 0.29) is 0 Å². The van der Waals surface area contributed by atoms with Gasteiger partial charge in [-0.25, -0.2) is 0 Å². The quantitative estimate of drug-likeness (QED) is 0.786. The topological polar surface area (TPSA) is 33.0 Å². The Kier molecular flexibility index (Phi) is 3.55. The van der Waals surface area contributed by atoms with Crippen LogP contribution in [0.5, 0.6) is 11.5 Å². The van der Waals surface area contributed by atoms with Crippen molar-refractivity contribution in [2.45, 2.75) is 13.8 Å². The number of nitrogens with zero attached hydrogens (tertiary/aromatic N) is 1. The van der Waals surface area contributed by atoms with Crippen LogP contribution < -0.4 is 4.74 Å². The van der Waals surface area contributed by atoms with Crippen molar-refractivity contribution >= 4 is 11.6 Å². The summed E-state index contributed by atoms with van der Waals surface area (Å²) in [5, 5.41) is 9.61. The predicted molar refractivity (Wildman–Crippen MR) is 72.2 cm³/mol. The summed E-state index contributed by atoms with van der Waals surface area (Å²) in [6.45, 7) is 3.86. The molecule has 2 rings (SSSR count). The summed E-state index contributed by atoms with van der Waals surface area (Å²) >= 11 is 6.12. The maximum absolute atomic E-state index is 9.07. The Hall–Kier alpha value is -1.98. The summed E-state index contributed by atoms with van der Waals surface area (Å²) in [7, 11) is 0. The molecule has 0 heterocycles. The van der Waals surface area contributed by atoms with Gasteiger partial charge in [0.2, 0.25) is 0 Å². The fraction of sp³-hybridized carbons (Fsp3) is 0.133. The zero-order valence-corrected chi connectivity index (χ0v) is 11.0. The van der Waals surface area contributed by atoms with Gasteiger partial charge in [-0.3, -0.25) is 0 Å². The van der Waals surface area contributed by atoms with Crippen LogP contribution in [0.2, 0.25) is 5.02 Å². The fourth-order valence-electron chi connectivity index (χ4n) is 1.67. The lowest BCUT2D eigenvalue weighted by Gasteiger charge is -2.11. The number of halogens is 1. The summed E-state index contributed by atoms with van der Waals surface area (Å²) in [6.07, 6.45) is 0. The Labute approximate surface area is 111 Å². The molecule has 0 bridgehead atoms. The van der Waals surface area contributed by atoms with Gasteiger partial charge in [0.1, 0.15) is 17.6 Å². The lowest BCUT2D eigenvalue weighted by molar-refractivity contribution is 0.477. The van der Waals surface area contributed by atoms with Crippen LogP contribution in [0.15, 0.2) is 36.4 Å². The Morgan fingerprint density at radius 2 is 1.94 bits per heavy atom. The van der Waals surface area contributed by atoms with Gasteiger partial charge in [0.05, 0.1) is 10.6 Å². The molecule has 18 heavy (non-hydrogen) atoms. The monoisotopic (exact) mass is 257 g/mol. The highest BCUT2D eigenvalue weighted by atomic mass is 35.5. The molecule has 0 N–H and O–H groups in total. The smallest absolute Gasteiger partial charge is 0.148 e. The van der Waals surface area contributed by atoms with Gasteiger partial charge in [-0.1, -0.05) is 29.8 Å². The molecule has 90 valence electrons. The number of hydrogen-bond acceptors (Lipinski definition) is 2. The molecule has 2 aromatic carbocycles. The molecule has 0 aliphatic carbocycles. The molecule has 3 heteroatoms. The standard InChI is InChI=1S/C15H12ClNO/c1-10-6-7-14(13(16)8-10)18-15-11(2)4-3-5-12(15)9-17/h3-8H,1-2H3. The van der Waals surface area contributed by atoms with Crippen molar-refractivity contribution in [2.75, 3.05) is 0 Å². The SMILES string of the molecule is Cc1ccc(Oc2c(C)cccc2C#N)c(Cl)c1. The van der Waals surface area contributed by atoms with Crippen molar-refractivity contribution < 1.29 is 4.74 Å². The number of hydrogen-bond donors (Lipinski definition) is 0. The van der Waals surface area contributed by atoms with Crippen LogP contribution in [0.1, 0.15) is 16.7 Å². The maximum atomic E-state index is 9.07. The van der Waals surface area contributed by atoms with Crippen LogP contribution in [0.25, 0.3) is 0 Å². The number of rotatable bonds is 2. The molecule has 0 radical (unpaired) electrons. The molecule has 2 aromatic rings. The van der Waals surface area contributed by atoms with Gasteiger partial charge < -0.3 is 4.74 Å². The number of nitriles is 1. The van der Waals surface area contributed by atoms with E-state index in [0.29, 0.717) is 22.1 Å². The molecule has 0 aliphatic rings. The number of benzene rings is 2. The van der Waals surface area contributed by atoms with Gasteiger partial charge in [-0.05, 0) is 43.2 Å². The van der Waals surface area contributed by atoms with E-state index in [1.807, 2.05) is 44.2 Å². The first-order chi connectivity index (χ1) is 8.61. The highest BCUT2D eigenvalue weighted by molar-refractivity contribution is 6.32. The van der Waals surface area contributed by atoms with Gasteiger partial charge in [-0.2, -0.15) is 5.26 Å².